The van der Waals surface area contributed by atoms with Crippen LogP contribution in [0.3, 0.4) is 0 Å². The lowest BCUT2D eigenvalue weighted by atomic mass is 9.91. The summed E-state index contributed by atoms with van der Waals surface area (Å²) in [6, 6.07) is 3.63. The van der Waals surface area contributed by atoms with Crippen molar-refractivity contribution in [3.8, 4) is 0 Å². The Hall–Kier alpha value is -1.04. The number of alkyl halides is 3. The molecule has 0 saturated heterocycles. The molecule has 0 aliphatic heterocycles. The van der Waals surface area contributed by atoms with Crippen LogP contribution in [0, 0.1) is 0 Å². The first-order valence-electron chi connectivity index (χ1n) is 5.33. The Labute approximate surface area is 110 Å². The van der Waals surface area contributed by atoms with Gasteiger partial charge in [0.1, 0.15) is 0 Å². The molecule has 1 aromatic rings. The molecule has 0 aromatic heterocycles. The summed E-state index contributed by atoms with van der Waals surface area (Å²) in [4.78, 5) is 10.8. The minimum absolute atomic E-state index is 0.124. The van der Waals surface area contributed by atoms with E-state index >= 15 is 0 Å². The fourth-order valence-electron chi connectivity index (χ4n) is 2.07. The molecule has 2 nitrogen and oxygen atoms in total. The Morgan fingerprint density at radius 3 is 2.39 bits per heavy atom. The topological polar surface area (TPSA) is 37.3 Å². The average molecular weight is 323 g/mol. The highest BCUT2D eigenvalue weighted by molar-refractivity contribution is 9.10. The van der Waals surface area contributed by atoms with Gasteiger partial charge in [0.15, 0.2) is 0 Å². The fraction of sp³-hybridized carbons (Fsp3) is 0.417. The van der Waals surface area contributed by atoms with E-state index < -0.39 is 23.1 Å². The number of carboxylic acids is 1. The van der Waals surface area contributed by atoms with Crippen molar-refractivity contribution in [3.63, 3.8) is 0 Å². The molecule has 0 atom stereocenters. The van der Waals surface area contributed by atoms with Crippen LogP contribution in [0.2, 0.25) is 0 Å². The van der Waals surface area contributed by atoms with Crippen molar-refractivity contribution in [1.82, 2.24) is 0 Å². The molecule has 2 rings (SSSR count). The second-order valence-electron chi connectivity index (χ2n) is 4.58. The molecule has 0 spiro atoms. The van der Waals surface area contributed by atoms with Crippen molar-refractivity contribution in [2.75, 3.05) is 0 Å². The van der Waals surface area contributed by atoms with E-state index in [9.17, 15) is 18.0 Å². The van der Waals surface area contributed by atoms with Crippen LogP contribution in [-0.2, 0) is 16.4 Å². The molecular weight excluding hydrogens is 313 g/mol. The van der Waals surface area contributed by atoms with E-state index in [4.69, 9.17) is 5.11 Å². The Balaban J connectivity index is 2.40. The van der Waals surface area contributed by atoms with Crippen LogP contribution in [-0.4, -0.2) is 11.1 Å². The molecule has 0 unspecified atom stereocenters. The molecule has 6 heteroatoms. The van der Waals surface area contributed by atoms with Gasteiger partial charge in [-0.1, -0.05) is 15.9 Å². The molecule has 18 heavy (non-hydrogen) atoms. The molecule has 0 bridgehead atoms. The summed E-state index contributed by atoms with van der Waals surface area (Å²) < 4.78 is 38.4. The van der Waals surface area contributed by atoms with Gasteiger partial charge in [0, 0.05) is 9.89 Å². The maximum absolute atomic E-state index is 12.7. The number of hydrogen-bond acceptors (Lipinski definition) is 1. The molecule has 1 fully saturated rings. The van der Waals surface area contributed by atoms with Crippen molar-refractivity contribution in [2.45, 2.75) is 30.9 Å². The van der Waals surface area contributed by atoms with Crippen molar-refractivity contribution in [3.05, 3.63) is 33.8 Å². The van der Waals surface area contributed by atoms with E-state index in [1.54, 1.807) is 6.07 Å². The number of aliphatic carboxylic acids is 1. The minimum atomic E-state index is -4.42. The quantitative estimate of drug-likeness (QED) is 0.914. The van der Waals surface area contributed by atoms with Crippen molar-refractivity contribution in [1.29, 1.82) is 0 Å². The predicted molar refractivity (Wildman–Crippen MR) is 62.3 cm³/mol. The summed E-state index contributed by atoms with van der Waals surface area (Å²) in [5.41, 5.74) is -0.912. The first-order valence-corrected chi connectivity index (χ1v) is 6.12. The highest BCUT2D eigenvalue weighted by atomic mass is 79.9. The average Bonchev–Trinajstić information content (AvgIpc) is 2.95. The summed E-state index contributed by atoms with van der Waals surface area (Å²) in [5.74, 6) is -0.985. The van der Waals surface area contributed by atoms with Crippen LogP contribution in [0.5, 0.6) is 0 Å². The molecule has 1 aliphatic carbocycles. The zero-order valence-corrected chi connectivity index (χ0v) is 10.8. The van der Waals surface area contributed by atoms with E-state index in [0.717, 1.165) is 12.1 Å². The first-order chi connectivity index (χ1) is 8.23. The normalized spacial score (nSPS) is 17.6. The molecule has 0 amide bonds. The van der Waals surface area contributed by atoms with Gasteiger partial charge in [-0.3, -0.25) is 4.79 Å². The molecule has 98 valence electrons. The smallest absolute Gasteiger partial charge is 0.416 e. The third-order valence-electron chi connectivity index (χ3n) is 3.18. The van der Waals surface area contributed by atoms with Gasteiger partial charge in [0.05, 0.1) is 12.0 Å². The lowest BCUT2D eigenvalue weighted by Crippen LogP contribution is -2.15. The molecule has 1 aromatic carbocycles. The zero-order valence-electron chi connectivity index (χ0n) is 9.22. The predicted octanol–water partition coefficient (Wildman–Crippen LogP) is 3.97. The molecule has 0 radical (unpaired) electrons. The van der Waals surface area contributed by atoms with Gasteiger partial charge in [0.2, 0.25) is 0 Å². The van der Waals surface area contributed by atoms with E-state index in [2.05, 4.69) is 15.9 Å². The van der Waals surface area contributed by atoms with Crippen molar-refractivity contribution >= 4 is 21.9 Å². The van der Waals surface area contributed by atoms with Crippen LogP contribution in [0.4, 0.5) is 13.2 Å². The van der Waals surface area contributed by atoms with E-state index in [0.29, 0.717) is 22.9 Å². The summed E-state index contributed by atoms with van der Waals surface area (Å²) in [7, 11) is 0. The number of hydrogen-bond donors (Lipinski definition) is 1. The third-order valence-corrected chi connectivity index (χ3v) is 3.64. The fourth-order valence-corrected chi connectivity index (χ4v) is 2.56. The summed E-state index contributed by atoms with van der Waals surface area (Å²) >= 11 is 3.04. The Bertz CT molecular complexity index is 493. The van der Waals surface area contributed by atoms with Gasteiger partial charge < -0.3 is 5.11 Å². The number of carboxylic acid groups (broad SMARTS) is 1. The highest BCUT2D eigenvalue weighted by Gasteiger charge is 2.47. The second-order valence-corrected chi connectivity index (χ2v) is 5.49. The van der Waals surface area contributed by atoms with Gasteiger partial charge in [-0.2, -0.15) is 13.2 Å². The lowest BCUT2D eigenvalue weighted by Gasteiger charge is -2.16. The van der Waals surface area contributed by atoms with Crippen LogP contribution in [0.25, 0.3) is 0 Å². The third kappa shape index (κ3) is 2.68. The number of rotatable bonds is 3. The van der Waals surface area contributed by atoms with Crippen molar-refractivity contribution in [2.24, 2.45) is 0 Å². The molecular formula is C12H10BrF3O2. The second kappa shape index (κ2) is 4.26. The Morgan fingerprint density at radius 2 is 1.94 bits per heavy atom. The SMILES string of the molecule is O=C(O)CC1(c2cc(Br)cc(C(F)(F)F)c2)CC1. The highest BCUT2D eigenvalue weighted by Crippen LogP contribution is 2.52. The van der Waals surface area contributed by atoms with Crippen LogP contribution in [0.1, 0.15) is 30.4 Å². The number of halogens is 4. The van der Waals surface area contributed by atoms with Crippen molar-refractivity contribution < 1.29 is 23.1 Å². The van der Waals surface area contributed by atoms with Gasteiger partial charge in [0.25, 0.3) is 0 Å². The first kappa shape index (κ1) is 13.4. The minimum Gasteiger partial charge on any atom is -0.481 e. The summed E-state index contributed by atoms with van der Waals surface area (Å²) in [6.07, 6.45) is -3.31. The standard InChI is InChI=1S/C12H10BrF3O2/c13-9-4-7(3-8(5-9)12(14,15)16)11(1-2-11)6-10(17)18/h3-5H,1-2,6H2,(H,17,18). The van der Waals surface area contributed by atoms with Gasteiger partial charge >= 0.3 is 12.1 Å². The monoisotopic (exact) mass is 322 g/mol. The van der Waals surface area contributed by atoms with Gasteiger partial charge in [-0.15, -0.1) is 0 Å². The Morgan fingerprint density at radius 1 is 1.33 bits per heavy atom. The largest absolute Gasteiger partial charge is 0.481 e. The molecule has 1 N–H and O–H groups in total. The maximum Gasteiger partial charge on any atom is 0.416 e. The van der Waals surface area contributed by atoms with E-state index in [-0.39, 0.29) is 6.42 Å². The van der Waals surface area contributed by atoms with Gasteiger partial charge in [-0.05, 0) is 36.6 Å². The zero-order chi connectivity index (χ0) is 13.6. The van der Waals surface area contributed by atoms with Gasteiger partial charge in [-0.25, -0.2) is 0 Å². The molecule has 1 saturated carbocycles. The summed E-state index contributed by atoms with van der Waals surface area (Å²) in [6.45, 7) is 0. The lowest BCUT2D eigenvalue weighted by molar-refractivity contribution is -0.138. The van der Waals surface area contributed by atoms with Crippen LogP contribution in [0.15, 0.2) is 22.7 Å². The number of carbonyl (C=O) groups is 1. The molecule has 0 heterocycles. The molecule has 1 aliphatic rings. The van der Waals surface area contributed by atoms with Crippen LogP contribution >= 0.6 is 15.9 Å². The van der Waals surface area contributed by atoms with E-state index in [1.165, 1.54) is 0 Å². The van der Waals surface area contributed by atoms with Crippen LogP contribution < -0.4 is 0 Å². The summed E-state index contributed by atoms with van der Waals surface area (Å²) in [5, 5.41) is 8.81. The maximum atomic E-state index is 12.7. The van der Waals surface area contributed by atoms with E-state index in [1.807, 2.05) is 0 Å². The number of benzene rings is 1. The Kier molecular flexibility index (Phi) is 3.17.